The Labute approximate surface area is 87.9 Å². The molecule has 2 aromatic rings. The first-order valence-corrected chi connectivity index (χ1v) is 4.71. The molecular weight excluding hydrogens is 192 g/mol. The lowest BCUT2D eigenvalue weighted by atomic mass is 10.1. The van der Waals surface area contributed by atoms with Gasteiger partial charge in [-0.15, -0.1) is 10.2 Å². The van der Waals surface area contributed by atoms with Crippen LogP contribution in [0.15, 0.2) is 29.0 Å². The number of aromatic nitrogens is 2. The molecule has 0 amide bonds. The summed E-state index contributed by atoms with van der Waals surface area (Å²) in [4.78, 5) is 0. The fourth-order valence-electron chi connectivity index (χ4n) is 1.21. The monoisotopic (exact) mass is 204 g/mol. The quantitative estimate of drug-likeness (QED) is 0.769. The summed E-state index contributed by atoms with van der Waals surface area (Å²) in [5.74, 6) is 1.30. The van der Waals surface area contributed by atoms with Crippen molar-refractivity contribution in [1.82, 2.24) is 10.2 Å². The SMILES string of the molecule is Cc1ccc(OCc2nnco2)cc1C. The van der Waals surface area contributed by atoms with Gasteiger partial charge in [-0.25, -0.2) is 0 Å². The van der Waals surface area contributed by atoms with E-state index in [0.717, 1.165) is 5.75 Å². The largest absolute Gasteiger partial charge is 0.484 e. The molecule has 78 valence electrons. The third-order valence-electron chi connectivity index (χ3n) is 2.25. The summed E-state index contributed by atoms with van der Waals surface area (Å²) in [5, 5.41) is 7.30. The lowest BCUT2D eigenvalue weighted by Crippen LogP contribution is -1.96. The maximum absolute atomic E-state index is 5.49. The molecule has 1 aromatic carbocycles. The Kier molecular flexibility index (Phi) is 2.67. The van der Waals surface area contributed by atoms with Gasteiger partial charge in [0.05, 0.1) is 0 Å². The van der Waals surface area contributed by atoms with Gasteiger partial charge >= 0.3 is 0 Å². The van der Waals surface area contributed by atoms with Crippen molar-refractivity contribution in [2.75, 3.05) is 0 Å². The van der Waals surface area contributed by atoms with Gasteiger partial charge in [-0.2, -0.15) is 0 Å². The van der Waals surface area contributed by atoms with Crippen molar-refractivity contribution in [1.29, 1.82) is 0 Å². The molecule has 0 bridgehead atoms. The summed E-state index contributed by atoms with van der Waals surface area (Å²) in [6, 6.07) is 5.95. The Morgan fingerprint density at radius 1 is 1.27 bits per heavy atom. The second-order valence-electron chi connectivity index (χ2n) is 3.37. The molecule has 0 fully saturated rings. The van der Waals surface area contributed by atoms with Crippen LogP contribution < -0.4 is 4.74 Å². The zero-order valence-electron chi connectivity index (χ0n) is 8.73. The summed E-state index contributed by atoms with van der Waals surface area (Å²) in [6.45, 7) is 4.43. The van der Waals surface area contributed by atoms with Crippen LogP contribution in [0.4, 0.5) is 0 Å². The molecule has 2 rings (SSSR count). The lowest BCUT2D eigenvalue weighted by molar-refractivity contribution is 0.263. The van der Waals surface area contributed by atoms with Gasteiger partial charge in [0.2, 0.25) is 6.39 Å². The fourth-order valence-corrected chi connectivity index (χ4v) is 1.21. The van der Waals surface area contributed by atoms with Gasteiger partial charge in [0.1, 0.15) is 5.75 Å². The van der Waals surface area contributed by atoms with Crippen LogP contribution in [0.25, 0.3) is 0 Å². The van der Waals surface area contributed by atoms with Crippen molar-refractivity contribution in [2.24, 2.45) is 0 Å². The molecule has 0 aliphatic carbocycles. The molecule has 1 aromatic heterocycles. The number of hydrogen-bond acceptors (Lipinski definition) is 4. The Morgan fingerprint density at radius 3 is 2.80 bits per heavy atom. The highest BCUT2D eigenvalue weighted by Crippen LogP contribution is 2.17. The molecule has 0 saturated heterocycles. The lowest BCUT2D eigenvalue weighted by Gasteiger charge is -2.05. The second-order valence-corrected chi connectivity index (χ2v) is 3.37. The van der Waals surface area contributed by atoms with Crippen molar-refractivity contribution < 1.29 is 9.15 Å². The average Bonchev–Trinajstić information content (AvgIpc) is 2.73. The molecule has 0 aliphatic rings. The first-order chi connectivity index (χ1) is 7.25. The Morgan fingerprint density at radius 2 is 2.13 bits per heavy atom. The van der Waals surface area contributed by atoms with E-state index in [-0.39, 0.29) is 0 Å². The summed E-state index contributed by atoms with van der Waals surface area (Å²) in [5.41, 5.74) is 2.46. The van der Waals surface area contributed by atoms with Crippen LogP contribution >= 0.6 is 0 Å². The van der Waals surface area contributed by atoms with Gasteiger partial charge in [-0.3, -0.25) is 0 Å². The van der Waals surface area contributed by atoms with Gasteiger partial charge in [0.15, 0.2) is 6.61 Å². The maximum Gasteiger partial charge on any atom is 0.253 e. The van der Waals surface area contributed by atoms with Crippen molar-refractivity contribution in [2.45, 2.75) is 20.5 Å². The van der Waals surface area contributed by atoms with Gasteiger partial charge in [-0.1, -0.05) is 6.07 Å². The normalized spacial score (nSPS) is 10.3. The maximum atomic E-state index is 5.49. The Bertz CT molecular complexity index is 438. The standard InChI is InChI=1S/C11H12N2O2/c1-8-3-4-10(5-9(8)2)14-6-11-13-12-7-15-11/h3-5,7H,6H2,1-2H3. The van der Waals surface area contributed by atoms with Crippen LogP contribution in [0, 0.1) is 13.8 Å². The molecule has 0 aliphatic heterocycles. The van der Waals surface area contributed by atoms with Crippen LogP contribution in [0.3, 0.4) is 0 Å². The molecule has 4 heteroatoms. The van der Waals surface area contributed by atoms with E-state index in [1.807, 2.05) is 18.2 Å². The minimum absolute atomic E-state index is 0.308. The van der Waals surface area contributed by atoms with Gasteiger partial charge < -0.3 is 9.15 Å². The molecule has 0 spiro atoms. The minimum atomic E-state index is 0.308. The van der Waals surface area contributed by atoms with Crippen molar-refractivity contribution >= 4 is 0 Å². The predicted molar refractivity (Wildman–Crippen MR) is 54.5 cm³/mol. The minimum Gasteiger partial charge on any atom is -0.484 e. The van der Waals surface area contributed by atoms with Crippen LogP contribution in [0.5, 0.6) is 5.75 Å². The van der Waals surface area contributed by atoms with Crippen molar-refractivity contribution in [3.05, 3.63) is 41.6 Å². The van der Waals surface area contributed by atoms with Gasteiger partial charge in [-0.05, 0) is 37.1 Å². The second kappa shape index (κ2) is 4.13. The predicted octanol–water partition coefficient (Wildman–Crippen LogP) is 2.27. The Hall–Kier alpha value is -1.84. The Balaban J connectivity index is 2.02. The number of nitrogens with zero attached hydrogens (tertiary/aromatic N) is 2. The van der Waals surface area contributed by atoms with E-state index >= 15 is 0 Å². The zero-order chi connectivity index (χ0) is 10.7. The number of benzene rings is 1. The van der Waals surface area contributed by atoms with E-state index in [2.05, 4.69) is 24.0 Å². The van der Waals surface area contributed by atoms with E-state index in [1.165, 1.54) is 17.5 Å². The summed E-state index contributed by atoms with van der Waals surface area (Å²) >= 11 is 0. The molecule has 15 heavy (non-hydrogen) atoms. The molecule has 0 atom stereocenters. The molecule has 0 unspecified atom stereocenters. The van der Waals surface area contributed by atoms with Crippen molar-refractivity contribution in [3.8, 4) is 5.75 Å². The molecular formula is C11H12N2O2. The topological polar surface area (TPSA) is 48.2 Å². The first kappa shape index (κ1) is 9.71. The van der Waals surface area contributed by atoms with E-state index in [0.29, 0.717) is 12.5 Å². The summed E-state index contributed by atoms with van der Waals surface area (Å²) < 4.78 is 10.5. The molecule has 4 nitrogen and oxygen atoms in total. The highest BCUT2D eigenvalue weighted by molar-refractivity contribution is 5.33. The molecule has 0 radical (unpaired) electrons. The smallest absolute Gasteiger partial charge is 0.253 e. The van der Waals surface area contributed by atoms with Crippen LogP contribution in [0.2, 0.25) is 0 Å². The van der Waals surface area contributed by atoms with Crippen molar-refractivity contribution in [3.63, 3.8) is 0 Å². The molecule has 0 saturated carbocycles. The fraction of sp³-hybridized carbons (Fsp3) is 0.273. The highest BCUT2D eigenvalue weighted by Gasteiger charge is 2.01. The third-order valence-corrected chi connectivity index (χ3v) is 2.25. The van der Waals surface area contributed by atoms with Gasteiger partial charge in [0, 0.05) is 0 Å². The molecule has 1 heterocycles. The van der Waals surface area contributed by atoms with E-state index < -0.39 is 0 Å². The zero-order valence-corrected chi connectivity index (χ0v) is 8.73. The summed E-state index contributed by atoms with van der Waals surface area (Å²) in [7, 11) is 0. The average molecular weight is 204 g/mol. The number of aryl methyl sites for hydroxylation is 2. The third kappa shape index (κ3) is 2.34. The van der Waals surface area contributed by atoms with Gasteiger partial charge in [0.25, 0.3) is 5.89 Å². The van der Waals surface area contributed by atoms with E-state index in [1.54, 1.807) is 0 Å². The highest BCUT2D eigenvalue weighted by atomic mass is 16.5. The van der Waals surface area contributed by atoms with Crippen LogP contribution in [0.1, 0.15) is 17.0 Å². The number of hydrogen-bond donors (Lipinski definition) is 0. The van der Waals surface area contributed by atoms with E-state index in [4.69, 9.17) is 9.15 Å². The number of rotatable bonds is 3. The van der Waals surface area contributed by atoms with Crippen LogP contribution in [-0.4, -0.2) is 10.2 Å². The van der Waals surface area contributed by atoms with Crippen LogP contribution in [-0.2, 0) is 6.61 Å². The summed E-state index contributed by atoms with van der Waals surface area (Å²) in [6.07, 6.45) is 1.29. The van der Waals surface area contributed by atoms with E-state index in [9.17, 15) is 0 Å². The first-order valence-electron chi connectivity index (χ1n) is 4.71. The number of ether oxygens (including phenoxy) is 1. The molecule has 0 N–H and O–H groups in total.